The first-order valence-electron chi connectivity index (χ1n) is 8.76. The fourth-order valence-corrected chi connectivity index (χ4v) is 4.16. The molecule has 0 aliphatic rings. The fourth-order valence-electron chi connectivity index (χ4n) is 3.12. The molecule has 150 valence electrons. The van der Waals surface area contributed by atoms with Crippen molar-refractivity contribution in [3.63, 3.8) is 0 Å². The predicted octanol–water partition coefficient (Wildman–Crippen LogP) is 2.46. The van der Waals surface area contributed by atoms with Crippen molar-refractivity contribution in [1.29, 1.82) is 0 Å². The summed E-state index contributed by atoms with van der Waals surface area (Å²) in [5.41, 5.74) is 1.40. The van der Waals surface area contributed by atoms with Crippen LogP contribution in [0, 0.1) is 0 Å². The van der Waals surface area contributed by atoms with Gasteiger partial charge in [0, 0.05) is 25.7 Å². The van der Waals surface area contributed by atoms with Gasteiger partial charge in [0.25, 0.3) is 0 Å². The third kappa shape index (κ3) is 3.60. The summed E-state index contributed by atoms with van der Waals surface area (Å²) in [5, 5.41) is 11.2. The van der Waals surface area contributed by atoms with Gasteiger partial charge in [-0.15, -0.1) is 0 Å². The summed E-state index contributed by atoms with van der Waals surface area (Å²) in [6.45, 7) is 2.26. The van der Waals surface area contributed by atoms with Gasteiger partial charge in [-0.05, 0) is 42.8 Å². The summed E-state index contributed by atoms with van der Waals surface area (Å²) in [4.78, 5) is 13.0. The molecule has 1 heterocycles. The minimum Gasteiger partial charge on any atom is -0.387 e. The van der Waals surface area contributed by atoms with E-state index in [0.717, 1.165) is 4.31 Å². The molecule has 1 N–H and O–H groups in total. The van der Waals surface area contributed by atoms with Gasteiger partial charge in [-0.25, -0.2) is 17.5 Å². The molecule has 2 aromatic carbocycles. The van der Waals surface area contributed by atoms with Crippen LogP contribution in [0.5, 0.6) is 0 Å². The second kappa shape index (κ2) is 7.71. The van der Waals surface area contributed by atoms with E-state index >= 15 is 0 Å². The van der Waals surface area contributed by atoms with Crippen LogP contribution in [0.4, 0.5) is 0 Å². The Kier molecular flexibility index (Phi) is 5.67. The maximum absolute atomic E-state index is 12.9. The number of aliphatic hydroxyl groups excluding tert-OH is 1. The van der Waals surface area contributed by atoms with E-state index in [9.17, 15) is 18.3 Å². The highest BCUT2D eigenvalue weighted by Gasteiger charge is 2.21. The summed E-state index contributed by atoms with van der Waals surface area (Å²) in [6, 6.07) is 11.3. The van der Waals surface area contributed by atoms with Gasteiger partial charge in [-0.1, -0.05) is 23.7 Å². The average molecular weight is 424 g/mol. The number of nitrogens with zero attached hydrogens (tertiary/aromatic N) is 3. The molecule has 0 amide bonds. The summed E-state index contributed by atoms with van der Waals surface area (Å²) < 4.78 is 29.1. The monoisotopic (exact) mass is 423 g/mol. The first kappa shape index (κ1) is 20.6. The quantitative estimate of drug-likeness (QED) is 0.660. The molecule has 0 aliphatic heterocycles. The lowest BCUT2D eigenvalue weighted by Gasteiger charge is -2.14. The van der Waals surface area contributed by atoms with Gasteiger partial charge in [0.2, 0.25) is 10.0 Å². The van der Waals surface area contributed by atoms with E-state index in [2.05, 4.69) is 0 Å². The molecule has 0 bridgehead atoms. The lowest BCUT2D eigenvalue weighted by Crippen LogP contribution is -2.26. The van der Waals surface area contributed by atoms with Crippen LogP contribution in [-0.4, -0.2) is 41.1 Å². The summed E-state index contributed by atoms with van der Waals surface area (Å²) in [5.74, 6) is 0. The Bertz CT molecular complexity index is 1160. The first-order chi connectivity index (χ1) is 13.2. The number of halogens is 1. The number of imidazole rings is 1. The number of aromatic nitrogens is 2. The number of hydrogen-bond acceptors (Lipinski definition) is 4. The van der Waals surface area contributed by atoms with E-state index in [1.165, 1.54) is 30.8 Å². The summed E-state index contributed by atoms with van der Waals surface area (Å²) in [7, 11) is -0.744. The van der Waals surface area contributed by atoms with Crippen molar-refractivity contribution in [2.24, 2.45) is 0 Å². The van der Waals surface area contributed by atoms with Crippen LogP contribution < -0.4 is 5.69 Å². The van der Waals surface area contributed by atoms with E-state index in [-0.39, 0.29) is 17.1 Å². The number of aliphatic hydroxyl groups is 1. The van der Waals surface area contributed by atoms with Crippen LogP contribution in [-0.2, 0) is 23.1 Å². The van der Waals surface area contributed by atoms with E-state index in [1.807, 2.05) is 6.92 Å². The molecule has 0 aliphatic carbocycles. The molecule has 7 nitrogen and oxygen atoms in total. The minimum atomic E-state index is -3.65. The second-order valence-corrected chi connectivity index (χ2v) is 9.23. The molecule has 1 atom stereocenters. The zero-order chi connectivity index (χ0) is 20.6. The molecular formula is C19H22ClN3O4S. The SMILES string of the molecule is CCn1c(=O)n(CC(O)c2ccc(Cl)cc2)c2cc(S(=O)(=O)N(C)C)ccc21. The van der Waals surface area contributed by atoms with Gasteiger partial charge in [0.05, 0.1) is 28.6 Å². The van der Waals surface area contributed by atoms with Crippen molar-refractivity contribution >= 4 is 32.7 Å². The number of sulfonamides is 1. The van der Waals surface area contributed by atoms with Gasteiger partial charge in [-0.2, -0.15) is 0 Å². The predicted molar refractivity (Wildman–Crippen MR) is 109 cm³/mol. The summed E-state index contributed by atoms with van der Waals surface area (Å²) in [6.07, 6.45) is -0.944. The number of fused-ring (bicyclic) bond motifs is 1. The molecule has 0 saturated heterocycles. The Balaban J connectivity index is 2.13. The maximum atomic E-state index is 12.9. The van der Waals surface area contributed by atoms with Crippen LogP contribution in [0.2, 0.25) is 5.02 Å². The second-order valence-electron chi connectivity index (χ2n) is 6.64. The number of benzene rings is 2. The fraction of sp³-hybridized carbons (Fsp3) is 0.316. The molecule has 1 unspecified atom stereocenters. The van der Waals surface area contributed by atoms with Gasteiger partial charge < -0.3 is 5.11 Å². The van der Waals surface area contributed by atoms with Gasteiger partial charge >= 0.3 is 5.69 Å². The Morgan fingerprint density at radius 2 is 1.71 bits per heavy atom. The lowest BCUT2D eigenvalue weighted by atomic mass is 10.1. The van der Waals surface area contributed by atoms with Crippen LogP contribution >= 0.6 is 11.6 Å². The van der Waals surface area contributed by atoms with Crippen LogP contribution in [0.25, 0.3) is 11.0 Å². The zero-order valence-electron chi connectivity index (χ0n) is 15.8. The molecule has 0 saturated carbocycles. The first-order valence-corrected chi connectivity index (χ1v) is 10.6. The molecule has 0 spiro atoms. The Morgan fingerprint density at radius 1 is 1.07 bits per heavy atom. The van der Waals surface area contributed by atoms with Gasteiger partial charge in [0.15, 0.2) is 0 Å². The zero-order valence-corrected chi connectivity index (χ0v) is 17.4. The van der Waals surface area contributed by atoms with Crippen molar-refractivity contribution in [2.45, 2.75) is 31.0 Å². The molecule has 0 radical (unpaired) electrons. The standard InChI is InChI=1S/C19H22ClN3O4S/c1-4-22-16-10-9-15(28(26,27)21(2)3)11-17(16)23(19(22)25)12-18(24)13-5-7-14(20)8-6-13/h5-11,18,24H,4,12H2,1-3H3. The minimum absolute atomic E-state index is 0.00453. The summed E-state index contributed by atoms with van der Waals surface area (Å²) >= 11 is 5.89. The normalized spacial score (nSPS) is 13.4. The Morgan fingerprint density at radius 3 is 2.29 bits per heavy atom. The van der Waals surface area contributed by atoms with Crippen LogP contribution in [0.15, 0.2) is 52.2 Å². The third-order valence-corrected chi connectivity index (χ3v) is 6.76. The van der Waals surface area contributed by atoms with E-state index in [0.29, 0.717) is 28.2 Å². The van der Waals surface area contributed by atoms with Crippen molar-refractivity contribution in [1.82, 2.24) is 13.4 Å². The molecule has 1 aromatic heterocycles. The van der Waals surface area contributed by atoms with E-state index in [4.69, 9.17) is 11.6 Å². The van der Waals surface area contributed by atoms with Crippen LogP contribution in [0.3, 0.4) is 0 Å². The molecule has 9 heteroatoms. The topological polar surface area (TPSA) is 84.5 Å². The highest BCUT2D eigenvalue weighted by atomic mass is 35.5. The van der Waals surface area contributed by atoms with Crippen molar-refractivity contribution in [3.05, 3.63) is 63.5 Å². The maximum Gasteiger partial charge on any atom is 0.329 e. The lowest BCUT2D eigenvalue weighted by molar-refractivity contribution is 0.156. The molecule has 3 aromatic rings. The molecule has 28 heavy (non-hydrogen) atoms. The number of hydrogen-bond donors (Lipinski definition) is 1. The molecule has 0 fully saturated rings. The highest BCUT2D eigenvalue weighted by Crippen LogP contribution is 2.23. The largest absolute Gasteiger partial charge is 0.387 e. The van der Waals surface area contributed by atoms with E-state index < -0.39 is 16.1 Å². The number of aryl methyl sites for hydroxylation is 1. The highest BCUT2D eigenvalue weighted by molar-refractivity contribution is 7.89. The van der Waals surface area contributed by atoms with Crippen molar-refractivity contribution in [2.75, 3.05) is 14.1 Å². The Hall–Kier alpha value is -2.13. The Labute approximate surface area is 168 Å². The average Bonchev–Trinajstić information content (AvgIpc) is 2.92. The van der Waals surface area contributed by atoms with E-state index in [1.54, 1.807) is 34.9 Å². The smallest absolute Gasteiger partial charge is 0.329 e. The van der Waals surface area contributed by atoms with Crippen molar-refractivity contribution in [3.8, 4) is 0 Å². The third-order valence-electron chi connectivity index (χ3n) is 4.70. The molecule has 3 rings (SSSR count). The molecular weight excluding hydrogens is 402 g/mol. The number of rotatable bonds is 6. The van der Waals surface area contributed by atoms with Crippen LogP contribution in [0.1, 0.15) is 18.6 Å². The van der Waals surface area contributed by atoms with Gasteiger partial charge in [-0.3, -0.25) is 9.13 Å². The van der Waals surface area contributed by atoms with Gasteiger partial charge in [0.1, 0.15) is 0 Å². The van der Waals surface area contributed by atoms with Crippen molar-refractivity contribution < 1.29 is 13.5 Å².